The van der Waals surface area contributed by atoms with Crippen LogP contribution in [0.5, 0.6) is 17.5 Å². The van der Waals surface area contributed by atoms with E-state index in [1.807, 2.05) is 48.1 Å². The largest absolute Gasteiger partial charge is 0.481 e. The number of methoxy groups -OCH3 is 1. The van der Waals surface area contributed by atoms with Gasteiger partial charge in [0.2, 0.25) is 11.8 Å². The molecule has 0 saturated carbocycles. The van der Waals surface area contributed by atoms with E-state index in [1.54, 1.807) is 30.8 Å². The fraction of sp³-hybridized carbons (Fsp3) is 0.136. The summed E-state index contributed by atoms with van der Waals surface area (Å²) in [5, 5.41) is 0. The minimum absolute atomic E-state index is 0.520. The van der Waals surface area contributed by atoms with Gasteiger partial charge < -0.3 is 9.47 Å². The van der Waals surface area contributed by atoms with E-state index in [9.17, 15) is 0 Å². The zero-order valence-corrected chi connectivity index (χ0v) is 16.2. The Morgan fingerprint density at radius 3 is 2.25 bits per heavy atom. The monoisotopic (exact) mass is 389 g/mol. The summed E-state index contributed by atoms with van der Waals surface area (Å²) in [5.74, 6) is 1.80. The molecule has 140 valence electrons. The van der Waals surface area contributed by atoms with E-state index < -0.39 is 0 Å². The second-order valence-corrected chi connectivity index (χ2v) is 7.10. The van der Waals surface area contributed by atoms with Crippen LogP contribution in [-0.2, 0) is 12.8 Å². The molecule has 3 heterocycles. The number of aromatic nitrogens is 3. The molecule has 0 aliphatic rings. The Labute approximate surface area is 167 Å². The maximum Gasteiger partial charge on any atom is 0.227 e. The minimum atomic E-state index is 0.520. The van der Waals surface area contributed by atoms with Crippen molar-refractivity contribution in [3.05, 3.63) is 83.1 Å². The number of pyridine rings is 2. The van der Waals surface area contributed by atoms with Crippen LogP contribution in [0.15, 0.2) is 72.6 Å². The summed E-state index contributed by atoms with van der Waals surface area (Å²) in [4.78, 5) is 14.1. The molecule has 0 aliphatic heterocycles. The van der Waals surface area contributed by atoms with Crippen molar-refractivity contribution in [2.75, 3.05) is 7.11 Å². The summed E-state index contributed by atoms with van der Waals surface area (Å²) in [5.41, 5.74) is 4.81. The molecule has 6 heteroatoms. The lowest BCUT2D eigenvalue weighted by atomic mass is 10.1. The van der Waals surface area contributed by atoms with Crippen LogP contribution >= 0.6 is 11.3 Å². The fourth-order valence-corrected chi connectivity index (χ4v) is 3.50. The molecular weight excluding hydrogens is 370 g/mol. The van der Waals surface area contributed by atoms with Gasteiger partial charge in [-0.05, 0) is 54.8 Å². The van der Waals surface area contributed by atoms with Gasteiger partial charge in [-0.25, -0.2) is 9.97 Å². The summed E-state index contributed by atoms with van der Waals surface area (Å²) in [6.07, 6.45) is 7.31. The van der Waals surface area contributed by atoms with Crippen LogP contribution in [0.2, 0.25) is 0 Å². The number of hydrogen-bond acceptors (Lipinski definition) is 6. The third kappa shape index (κ3) is 4.18. The normalized spacial score (nSPS) is 10.6. The Hall–Kier alpha value is -3.25. The Morgan fingerprint density at radius 2 is 1.57 bits per heavy atom. The van der Waals surface area contributed by atoms with Crippen molar-refractivity contribution in [3.63, 3.8) is 0 Å². The standard InChI is InChI=1S/C22H19N3O2S/c1-26-21-19(4-2-12-24-21)20-5-3-13-25-22(20)27-17-9-6-16(7-10-17)8-11-18-14-23-15-28-18/h2-7,9-10,12-15H,8,11H2,1H3. The second kappa shape index (κ2) is 8.63. The summed E-state index contributed by atoms with van der Waals surface area (Å²) in [6.45, 7) is 0. The molecule has 1 aromatic carbocycles. The minimum Gasteiger partial charge on any atom is -0.481 e. The van der Waals surface area contributed by atoms with Crippen LogP contribution in [0, 0.1) is 0 Å². The lowest BCUT2D eigenvalue weighted by molar-refractivity contribution is 0.399. The Bertz CT molecular complexity index is 1030. The molecule has 3 aromatic heterocycles. The van der Waals surface area contributed by atoms with Gasteiger partial charge in [0.05, 0.1) is 12.6 Å². The van der Waals surface area contributed by atoms with E-state index in [2.05, 4.69) is 27.1 Å². The van der Waals surface area contributed by atoms with Crippen molar-refractivity contribution in [1.82, 2.24) is 15.0 Å². The molecule has 0 aliphatic carbocycles. The first-order valence-electron chi connectivity index (χ1n) is 8.92. The lowest BCUT2D eigenvalue weighted by Gasteiger charge is -2.12. The zero-order chi connectivity index (χ0) is 19.2. The number of aryl methyl sites for hydroxylation is 2. The van der Waals surface area contributed by atoms with E-state index in [1.165, 1.54) is 10.4 Å². The molecule has 0 fully saturated rings. The predicted molar refractivity (Wildman–Crippen MR) is 110 cm³/mol. The van der Waals surface area contributed by atoms with Gasteiger partial charge in [0, 0.05) is 34.6 Å². The number of thiazole rings is 1. The van der Waals surface area contributed by atoms with Gasteiger partial charge in [0.25, 0.3) is 0 Å². The molecule has 0 saturated heterocycles. The van der Waals surface area contributed by atoms with E-state index in [0.29, 0.717) is 11.8 Å². The van der Waals surface area contributed by atoms with E-state index >= 15 is 0 Å². The van der Waals surface area contributed by atoms with Crippen LogP contribution in [0.4, 0.5) is 0 Å². The van der Waals surface area contributed by atoms with Gasteiger partial charge in [0.1, 0.15) is 5.75 Å². The zero-order valence-electron chi connectivity index (χ0n) is 15.4. The summed E-state index contributed by atoms with van der Waals surface area (Å²) < 4.78 is 11.4. The van der Waals surface area contributed by atoms with Crippen molar-refractivity contribution in [2.45, 2.75) is 12.8 Å². The molecule has 4 aromatic rings. The number of nitrogens with zero attached hydrogens (tertiary/aromatic N) is 3. The van der Waals surface area contributed by atoms with Crippen molar-refractivity contribution in [3.8, 4) is 28.6 Å². The summed E-state index contributed by atoms with van der Waals surface area (Å²) in [6, 6.07) is 15.8. The fourth-order valence-electron chi connectivity index (χ4n) is 2.90. The molecule has 28 heavy (non-hydrogen) atoms. The molecule has 4 rings (SSSR count). The Kier molecular flexibility index (Phi) is 5.58. The smallest absolute Gasteiger partial charge is 0.227 e. The molecule has 0 bridgehead atoms. The number of hydrogen-bond donors (Lipinski definition) is 0. The number of ether oxygens (including phenoxy) is 2. The van der Waals surface area contributed by atoms with Crippen molar-refractivity contribution >= 4 is 11.3 Å². The van der Waals surface area contributed by atoms with Crippen LogP contribution in [0.25, 0.3) is 11.1 Å². The quantitative estimate of drug-likeness (QED) is 0.435. The molecule has 5 nitrogen and oxygen atoms in total. The molecule has 0 amide bonds. The highest BCUT2D eigenvalue weighted by Gasteiger charge is 2.13. The highest BCUT2D eigenvalue weighted by molar-refractivity contribution is 7.09. The maximum absolute atomic E-state index is 6.07. The van der Waals surface area contributed by atoms with Crippen molar-refractivity contribution in [2.24, 2.45) is 0 Å². The van der Waals surface area contributed by atoms with E-state index in [4.69, 9.17) is 9.47 Å². The highest BCUT2D eigenvalue weighted by atomic mass is 32.1. The van der Waals surface area contributed by atoms with E-state index in [-0.39, 0.29) is 0 Å². The van der Waals surface area contributed by atoms with Crippen LogP contribution < -0.4 is 9.47 Å². The second-order valence-electron chi connectivity index (χ2n) is 6.13. The molecular formula is C22H19N3O2S. The molecule has 0 atom stereocenters. The number of benzene rings is 1. The van der Waals surface area contributed by atoms with Gasteiger partial charge in [-0.15, -0.1) is 11.3 Å². The Morgan fingerprint density at radius 1 is 0.857 bits per heavy atom. The molecule has 0 spiro atoms. The predicted octanol–water partition coefficient (Wildman–Crippen LogP) is 5.19. The highest BCUT2D eigenvalue weighted by Crippen LogP contribution is 2.35. The van der Waals surface area contributed by atoms with Crippen molar-refractivity contribution in [1.29, 1.82) is 0 Å². The van der Waals surface area contributed by atoms with Gasteiger partial charge in [-0.3, -0.25) is 4.98 Å². The van der Waals surface area contributed by atoms with Crippen LogP contribution in [0.3, 0.4) is 0 Å². The first-order valence-corrected chi connectivity index (χ1v) is 9.80. The first kappa shape index (κ1) is 18.1. The molecule has 0 N–H and O–H groups in total. The van der Waals surface area contributed by atoms with Gasteiger partial charge in [-0.1, -0.05) is 12.1 Å². The third-order valence-corrected chi connectivity index (χ3v) is 5.15. The first-order chi connectivity index (χ1) is 13.8. The topological polar surface area (TPSA) is 57.1 Å². The maximum atomic E-state index is 6.07. The summed E-state index contributed by atoms with van der Waals surface area (Å²) in [7, 11) is 1.60. The van der Waals surface area contributed by atoms with Gasteiger partial charge >= 0.3 is 0 Å². The lowest BCUT2D eigenvalue weighted by Crippen LogP contribution is -1.95. The molecule has 0 unspecified atom stereocenters. The SMILES string of the molecule is COc1ncccc1-c1cccnc1Oc1ccc(CCc2cncs2)cc1. The van der Waals surface area contributed by atoms with Crippen molar-refractivity contribution < 1.29 is 9.47 Å². The average molecular weight is 389 g/mol. The van der Waals surface area contributed by atoms with E-state index in [0.717, 1.165) is 29.7 Å². The number of rotatable bonds is 7. The van der Waals surface area contributed by atoms with Gasteiger partial charge in [0.15, 0.2) is 0 Å². The summed E-state index contributed by atoms with van der Waals surface area (Å²) >= 11 is 1.69. The molecule has 0 radical (unpaired) electrons. The van der Waals surface area contributed by atoms with Crippen LogP contribution in [0.1, 0.15) is 10.4 Å². The average Bonchev–Trinajstić information content (AvgIpc) is 3.27. The van der Waals surface area contributed by atoms with Gasteiger partial charge in [-0.2, -0.15) is 0 Å². The Balaban J connectivity index is 1.52. The third-order valence-electron chi connectivity index (χ3n) is 4.31. The van der Waals surface area contributed by atoms with Crippen LogP contribution in [-0.4, -0.2) is 22.1 Å².